The van der Waals surface area contributed by atoms with E-state index in [9.17, 15) is 4.79 Å². The van der Waals surface area contributed by atoms with Gasteiger partial charge in [0.25, 0.3) is 5.91 Å². The summed E-state index contributed by atoms with van der Waals surface area (Å²) >= 11 is 0. The van der Waals surface area contributed by atoms with Gasteiger partial charge in [-0.3, -0.25) is 4.79 Å². The first-order valence-corrected chi connectivity index (χ1v) is 16.1. The number of rotatable bonds is 2. The highest BCUT2D eigenvalue weighted by Gasteiger charge is 2.47. The molecule has 1 saturated carbocycles. The van der Waals surface area contributed by atoms with Crippen LogP contribution in [-0.4, -0.2) is 67.1 Å². The molecule has 10 heteroatoms. The van der Waals surface area contributed by atoms with Gasteiger partial charge >= 0.3 is 0 Å². The van der Waals surface area contributed by atoms with Gasteiger partial charge < -0.3 is 29.2 Å². The van der Waals surface area contributed by atoms with Crippen LogP contribution >= 0.6 is 0 Å². The lowest BCUT2D eigenvalue weighted by atomic mass is 10.1. The molecule has 0 spiro atoms. The Hall–Kier alpha value is -5.09. The van der Waals surface area contributed by atoms with Crippen molar-refractivity contribution in [3.8, 4) is 28.7 Å². The number of nitrogens with zero attached hydrogens (tertiary/aromatic N) is 6. The first-order chi connectivity index (χ1) is 22.6. The molecule has 232 valence electrons. The molecule has 2 fully saturated rings. The van der Waals surface area contributed by atoms with Gasteiger partial charge in [-0.25, -0.2) is 9.67 Å². The molecule has 3 aromatic heterocycles. The molecule has 2 unspecified atom stereocenters. The van der Waals surface area contributed by atoms with Crippen molar-refractivity contribution in [2.24, 2.45) is 11.7 Å². The number of ether oxygens (including phenoxy) is 2. The van der Waals surface area contributed by atoms with Crippen LogP contribution in [0.2, 0.25) is 0 Å². The van der Waals surface area contributed by atoms with Gasteiger partial charge in [-0.15, -0.1) is 0 Å². The number of hydrogen-bond acceptors (Lipinski definition) is 6. The van der Waals surface area contributed by atoms with Gasteiger partial charge in [0, 0.05) is 53.4 Å². The molecule has 2 N–H and O–H groups in total. The van der Waals surface area contributed by atoms with E-state index in [-0.39, 0.29) is 18.0 Å². The summed E-state index contributed by atoms with van der Waals surface area (Å²) in [5, 5.41) is 5.86. The van der Waals surface area contributed by atoms with Gasteiger partial charge in [0.05, 0.1) is 37.7 Å². The van der Waals surface area contributed by atoms with Gasteiger partial charge in [-0.2, -0.15) is 5.10 Å². The molecule has 3 aromatic carbocycles. The smallest absolute Gasteiger partial charge is 0.254 e. The van der Waals surface area contributed by atoms with E-state index in [1.807, 2.05) is 58.4 Å². The summed E-state index contributed by atoms with van der Waals surface area (Å²) in [5.74, 6) is 2.59. The number of methoxy groups -OCH3 is 1. The molecule has 3 aliphatic rings. The van der Waals surface area contributed by atoms with Gasteiger partial charge in [-0.1, -0.05) is 30.3 Å². The number of carbonyl (C=O) groups excluding carboxylic acids is 1. The van der Waals surface area contributed by atoms with Gasteiger partial charge in [0.15, 0.2) is 5.82 Å². The maximum Gasteiger partial charge on any atom is 0.254 e. The third kappa shape index (κ3) is 4.16. The van der Waals surface area contributed by atoms with Crippen LogP contribution in [0, 0.1) is 5.92 Å². The summed E-state index contributed by atoms with van der Waals surface area (Å²) in [7, 11) is 1.66. The van der Waals surface area contributed by atoms with Crippen LogP contribution in [0.1, 0.15) is 35.2 Å². The largest absolute Gasteiger partial charge is 0.494 e. The Balaban J connectivity index is 1.24. The number of benzene rings is 3. The number of carbonyl (C=O) groups is 1. The fraction of sp³-hybridized carbons (Fsp3) is 0.306. The van der Waals surface area contributed by atoms with Crippen molar-refractivity contribution in [3.63, 3.8) is 0 Å². The van der Waals surface area contributed by atoms with Crippen LogP contribution < -0.4 is 15.2 Å². The molecule has 1 aliphatic carbocycles. The molecule has 4 bridgehead atoms. The number of piperidine rings is 1. The standard InChI is InChI=1S/C36H35N7O3/c1-45-32-17-25(36(44)41-21-24-11-12-29(41)33(24)37)15-26-34(32)42-19-22-18-38-43(20-22)28-9-4-5-10-31(28)46-14-6-13-40-27-8-3-2-7-23(27)16-30(40)35(42)39-26/h2-5,7-10,15-18,20,24,29,33H,6,11-14,19,21,37H2,1H3/t24?,29?,33-/m1/s1. The molecule has 1 saturated heterocycles. The van der Waals surface area contributed by atoms with Crippen molar-refractivity contribution in [1.29, 1.82) is 0 Å². The Morgan fingerprint density at radius 3 is 2.76 bits per heavy atom. The average molecular weight is 614 g/mol. The molecule has 10 nitrogen and oxygen atoms in total. The first kappa shape index (κ1) is 27.2. The number of hydrogen-bond donors (Lipinski definition) is 1. The zero-order valence-electron chi connectivity index (χ0n) is 25.7. The fourth-order valence-corrected chi connectivity index (χ4v) is 7.87. The second-order valence-corrected chi connectivity index (χ2v) is 12.7. The summed E-state index contributed by atoms with van der Waals surface area (Å²) in [6, 6.07) is 22.6. The Labute approximate surface area is 265 Å². The monoisotopic (exact) mass is 613 g/mol. The molecule has 0 radical (unpaired) electrons. The highest BCUT2D eigenvalue weighted by molar-refractivity contribution is 6.00. The Bertz CT molecular complexity index is 2140. The van der Waals surface area contributed by atoms with E-state index in [4.69, 9.17) is 25.3 Å². The number of fused-ring (bicyclic) bond motifs is 13. The number of aryl methyl sites for hydroxylation is 1. The van der Waals surface area contributed by atoms with Crippen molar-refractivity contribution < 1.29 is 14.3 Å². The van der Waals surface area contributed by atoms with Crippen molar-refractivity contribution >= 4 is 27.8 Å². The van der Waals surface area contributed by atoms with Gasteiger partial charge in [-0.05, 0) is 61.6 Å². The summed E-state index contributed by atoms with van der Waals surface area (Å²) in [4.78, 5) is 21.2. The van der Waals surface area contributed by atoms with Crippen LogP contribution in [-0.2, 0) is 13.1 Å². The van der Waals surface area contributed by atoms with Crippen LogP contribution in [0.4, 0.5) is 0 Å². The van der Waals surface area contributed by atoms with E-state index in [2.05, 4.69) is 39.5 Å². The third-order valence-corrected chi connectivity index (χ3v) is 10.1. The van der Waals surface area contributed by atoms with Crippen molar-refractivity contribution in [2.75, 3.05) is 20.3 Å². The number of aromatic nitrogens is 5. The van der Waals surface area contributed by atoms with Crippen LogP contribution in [0.5, 0.6) is 11.5 Å². The van der Waals surface area contributed by atoms with Crippen molar-refractivity contribution in [2.45, 2.75) is 44.4 Å². The van der Waals surface area contributed by atoms with E-state index in [0.29, 0.717) is 42.4 Å². The first-order valence-electron chi connectivity index (χ1n) is 16.1. The van der Waals surface area contributed by atoms with E-state index < -0.39 is 0 Å². The number of amides is 1. The summed E-state index contributed by atoms with van der Waals surface area (Å²) in [5.41, 5.74) is 12.6. The number of nitrogens with two attached hydrogens (primary N) is 1. The zero-order chi connectivity index (χ0) is 30.9. The number of imidazole rings is 1. The van der Waals surface area contributed by atoms with E-state index in [1.54, 1.807) is 7.11 Å². The molecule has 2 aliphatic heterocycles. The summed E-state index contributed by atoms with van der Waals surface area (Å²) < 4.78 is 18.7. The number of likely N-dealkylation sites (tertiary alicyclic amines) is 1. The lowest BCUT2D eigenvalue weighted by molar-refractivity contribution is 0.0700. The predicted molar refractivity (Wildman–Crippen MR) is 176 cm³/mol. The average Bonchev–Trinajstić information content (AvgIpc) is 3.91. The molecule has 3 atom stereocenters. The molecule has 6 aromatic rings. The normalized spacial score (nSPS) is 20.7. The second kappa shape index (κ2) is 10.5. The minimum Gasteiger partial charge on any atom is -0.494 e. The van der Waals surface area contributed by atoms with E-state index in [0.717, 1.165) is 70.7 Å². The molecule has 9 rings (SSSR count). The van der Waals surface area contributed by atoms with Crippen LogP contribution in [0.15, 0.2) is 79.1 Å². The van der Waals surface area contributed by atoms with Crippen LogP contribution in [0.3, 0.4) is 0 Å². The topological polar surface area (TPSA) is 105 Å². The molecule has 46 heavy (non-hydrogen) atoms. The van der Waals surface area contributed by atoms with Gasteiger partial charge in [0.2, 0.25) is 0 Å². The Morgan fingerprint density at radius 2 is 1.91 bits per heavy atom. The molecular formula is C36H35N7O3. The lowest BCUT2D eigenvalue weighted by Crippen LogP contribution is -2.41. The SMILES string of the molecule is COc1cc(C(=O)N2CC3CCC2[C@@H]3N)cc2nc3n(c12)Cc1cnn(c1)-c1ccccc1OCCCn1c-3cc2ccccc21. The van der Waals surface area contributed by atoms with Crippen molar-refractivity contribution in [3.05, 3.63) is 90.3 Å². The highest BCUT2D eigenvalue weighted by atomic mass is 16.5. The van der Waals surface area contributed by atoms with Crippen molar-refractivity contribution in [1.82, 2.24) is 28.8 Å². The fourth-order valence-electron chi connectivity index (χ4n) is 7.87. The second-order valence-electron chi connectivity index (χ2n) is 12.7. The van der Waals surface area contributed by atoms with E-state index in [1.165, 1.54) is 0 Å². The summed E-state index contributed by atoms with van der Waals surface area (Å²) in [6.07, 6.45) is 6.77. The number of para-hydroxylation sites is 3. The highest BCUT2D eigenvalue weighted by Crippen LogP contribution is 2.40. The Morgan fingerprint density at radius 1 is 1.04 bits per heavy atom. The van der Waals surface area contributed by atoms with Gasteiger partial charge in [0.1, 0.15) is 22.7 Å². The predicted octanol–water partition coefficient (Wildman–Crippen LogP) is 5.24. The zero-order valence-corrected chi connectivity index (χ0v) is 25.7. The summed E-state index contributed by atoms with van der Waals surface area (Å²) in [6.45, 7) is 2.51. The van der Waals surface area contributed by atoms with Crippen LogP contribution in [0.25, 0.3) is 39.1 Å². The molecule has 1 amide bonds. The molecule has 5 heterocycles. The third-order valence-electron chi connectivity index (χ3n) is 10.1. The Kier molecular flexibility index (Phi) is 6.21. The maximum absolute atomic E-state index is 13.9. The molecular weight excluding hydrogens is 578 g/mol. The maximum atomic E-state index is 13.9. The van der Waals surface area contributed by atoms with E-state index >= 15 is 0 Å². The minimum absolute atomic E-state index is 0.00797. The minimum atomic E-state index is -0.00797. The quantitative estimate of drug-likeness (QED) is 0.286. The lowest BCUT2D eigenvalue weighted by Gasteiger charge is -2.27.